The first-order valence-electron chi connectivity index (χ1n) is 4.93. The maximum atomic E-state index is 9.58. The van der Waals surface area contributed by atoms with Crippen LogP contribution in [0.4, 0.5) is 0 Å². The number of hydrogen-bond acceptors (Lipinski definition) is 3. The van der Waals surface area contributed by atoms with E-state index in [1.165, 1.54) is 0 Å². The molecule has 1 N–H and O–H groups in total. The summed E-state index contributed by atoms with van der Waals surface area (Å²) >= 11 is 0. The van der Waals surface area contributed by atoms with Crippen molar-refractivity contribution in [2.75, 3.05) is 20.3 Å². The van der Waals surface area contributed by atoms with Crippen molar-refractivity contribution in [1.29, 1.82) is 0 Å². The van der Waals surface area contributed by atoms with Crippen LogP contribution >= 0.6 is 0 Å². The lowest BCUT2D eigenvalue weighted by Gasteiger charge is -2.50. The highest BCUT2D eigenvalue weighted by atomic mass is 16.5. The predicted octanol–water partition coefficient (Wildman–Crippen LogP) is 1.20. The quantitative estimate of drug-likeness (QED) is 0.659. The van der Waals surface area contributed by atoms with Crippen LogP contribution in [-0.2, 0) is 9.47 Å². The van der Waals surface area contributed by atoms with Gasteiger partial charge in [-0.3, -0.25) is 0 Å². The number of rotatable bonds is 5. The minimum Gasteiger partial charge on any atom is -0.392 e. The third-order valence-corrected chi connectivity index (χ3v) is 3.30. The van der Waals surface area contributed by atoms with Crippen molar-refractivity contribution in [2.45, 2.75) is 38.9 Å². The zero-order valence-electron chi connectivity index (χ0n) is 8.75. The Morgan fingerprint density at radius 3 is 2.62 bits per heavy atom. The van der Waals surface area contributed by atoms with Gasteiger partial charge in [-0.15, -0.1) is 0 Å². The van der Waals surface area contributed by atoms with Crippen molar-refractivity contribution in [3.63, 3.8) is 0 Å². The van der Waals surface area contributed by atoms with Gasteiger partial charge in [0.1, 0.15) is 0 Å². The van der Waals surface area contributed by atoms with E-state index in [1.54, 1.807) is 7.11 Å². The highest BCUT2D eigenvalue weighted by Crippen LogP contribution is 2.45. The van der Waals surface area contributed by atoms with Crippen molar-refractivity contribution in [3.05, 3.63) is 0 Å². The van der Waals surface area contributed by atoms with Crippen molar-refractivity contribution >= 4 is 0 Å². The Bertz CT molecular complexity index is 160. The van der Waals surface area contributed by atoms with Crippen molar-refractivity contribution in [1.82, 2.24) is 0 Å². The molecule has 3 heteroatoms. The molecule has 0 heterocycles. The predicted molar refractivity (Wildman–Crippen MR) is 50.6 cm³/mol. The molecule has 3 atom stereocenters. The fourth-order valence-corrected chi connectivity index (χ4v) is 1.79. The largest absolute Gasteiger partial charge is 0.392 e. The molecular weight excluding hydrogens is 168 g/mol. The lowest BCUT2D eigenvalue weighted by molar-refractivity contribution is -0.188. The van der Waals surface area contributed by atoms with E-state index in [1.807, 2.05) is 0 Å². The van der Waals surface area contributed by atoms with Crippen LogP contribution in [0.2, 0.25) is 0 Å². The van der Waals surface area contributed by atoms with Crippen LogP contribution < -0.4 is 0 Å². The molecule has 0 saturated heterocycles. The number of ether oxygens (including phenoxy) is 2. The van der Waals surface area contributed by atoms with E-state index in [9.17, 15) is 5.11 Å². The Morgan fingerprint density at radius 2 is 2.15 bits per heavy atom. The van der Waals surface area contributed by atoms with Gasteiger partial charge >= 0.3 is 0 Å². The van der Waals surface area contributed by atoms with E-state index in [0.29, 0.717) is 13.2 Å². The first kappa shape index (κ1) is 11.0. The van der Waals surface area contributed by atoms with Gasteiger partial charge in [0.15, 0.2) is 0 Å². The zero-order chi connectivity index (χ0) is 9.90. The Morgan fingerprint density at radius 1 is 1.46 bits per heavy atom. The second-order valence-corrected chi connectivity index (χ2v) is 3.96. The van der Waals surface area contributed by atoms with Gasteiger partial charge in [-0.25, -0.2) is 0 Å². The van der Waals surface area contributed by atoms with E-state index in [2.05, 4.69) is 13.8 Å². The lowest BCUT2D eigenvalue weighted by Crippen LogP contribution is -2.56. The molecule has 1 aliphatic rings. The van der Waals surface area contributed by atoms with Crippen LogP contribution in [0.1, 0.15) is 26.7 Å². The fourth-order valence-electron chi connectivity index (χ4n) is 1.79. The van der Waals surface area contributed by atoms with Gasteiger partial charge in [0.05, 0.1) is 25.4 Å². The summed E-state index contributed by atoms with van der Waals surface area (Å²) in [5.74, 6) is 0. The molecule has 3 unspecified atom stereocenters. The molecule has 13 heavy (non-hydrogen) atoms. The summed E-state index contributed by atoms with van der Waals surface area (Å²) in [4.78, 5) is 0. The van der Waals surface area contributed by atoms with Crippen molar-refractivity contribution < 1.29 is 14.6 Å². The van der Waals surface area contributed by atoms with Crippen LogP contribution in [0.25, 0.3) is 0 Å². The van der Waals surface area contributed by atoms with Crippen molar-refractivity contribution in [3.8, 4) is 0 Å². The molecule has 0 aromatic carbocycles. The van der Waals surface area contributed by atoms with Crippen LogP contribution in [0, 0.1) is 5.41 Å². The summed E-state index contributed by atoms with van der Waals surface area (Å²) < 4.78 is 10.5. The Balaban J connectivity index is 2.28. The average molecular weight is 188 g/mol. The summed E-state index contributed by atoms with van der Waals surface area (Å²) in [5.41, 5.74) is -0.0340. The molecule has 0 spiro atoms. The first-order chi connectivity index (χ1) is 6.15. The van der Waals surface area contributed by atoms with Gasteiger partial charge in [-0.05, 0) is 6.42 Å². The average Bonchev–Trinajstić information content (AvgIpc) is 2.15. The number of methoxy groups -OCH3 is 1. The summed E-state index contributed by atoms with van der Waals surface area (Å²) in [5, 5.41) is 9.58. The normalized spacial score (nSPS) is 38.8. The number of hydrogen-bond donors (Lipinski definition) is 1. The standard InChI is InChI=1S/C10H20O3/c1-4-10(2)8(11)7-9(10)13-6-5-12-3/h8-9,11H,4-7H2,1-3H3. The van der Waals surface area contributed by atoms with Gasteiger partial charge in [-0.1, -0.05) is 13.8 Å². The summed E-state index contributed by atoms with van der Waals surface area (Å²) in [7, 11) is 1.66. The molecule has 3 nitrogen and oxygen atoms in total. The van der Waals surface area contributed by atoms with Gasteiger partial charge in [-0.2, -0.15) is 0 Å². The second-order valence-electron chi connectivity index (χ2n) is 3.96. The molecule has 0 amide bonds. The van der Waals surface area contributed by atoms with Crippen LogP contribution in [0.15, 0.2) is 0 Å². The maximum Gasteiger partial charge on any atom is 0.0704 e. The smallest absolute Gasteiger partial charge is 0.0704 e. The van der Waals surface area contributed by atoms with Gasteiger partial charge < -0.3 is 14.6 Å². The highest BCUT2D eigenvalue weighted by molar-refractivity contribution is 5.00. The highest BCUT2D eigenvalue weighted by Gasteiger charge is 2.50. The van der Waals surface area contributed by atoms with Crippen LogP contribution in [0.3, 0.4) is 0 Å². The second kappa shape index (κ2) is 4.40. The van der Waals surface area contributed by atoms with Gasteiger partial charge in [0.25, 0.3) is 0 Å². The Hall–Kier alpha value is -0.120. The van der Waals surface area contributed by atoms with E-state index in [0.717, 1.165) is 12.8 Å². The minimum absolute atomic E-state index is 0.0340. The molecule has 0 aliphatic heterocycles. The van der Waals surface area contributed by atoms with Crippen LogP contribution in [0.5, 0.6) is 0 Å². The topological polar surface area (TPSA) is 38.7 Å². The number of aliphatic hydroxyl groups excluding tert-OH is 1. The number of aliphatic hydroxyl groups is 1. The van der Waals surface area contributed by atoms with Gasteiger partial charge in [0, 0.05) is 18.9 Å². The lowest BCUT2D eigenvalue weighted by atomic mass is 9.63. The Kier molecular flexibility index (Phi) is 3.71. The summed E-state index contributed by atoms with van der Waals surface area (Å²) in [6.07, 6.45) is 1.76. The van der Waals surface area contributed by atoms with Crippen LogP contribution in [-0.4, -0.2) is 37.6 Å². The summed E-state index contributed by atoms with van der Waals surface area (Å²) in [6.45, 7) is 5.43. The fraction of sp³-hybridized carbons (Fsp3) is 1.00. The molecule has 78 valence electrons. The molecule has 1 saturated carbocycles. The van der Waals surface area contributed by atoms with Crippen molar-refractivity contribution in [2.24, 2.45) is 5.41 Å². The SMILES string of the molecule is CCC1(C)C(O)CC1OCCOC. The van der Waals surface area contributed by atoms with Gasteiger partial charge in [0.2, 0.25) is 0 Å². The summed E-state index contributed by atoms with van der Waals surface area (Å²) in [6, 6.07) is 0. The third kappa shape index (κ3) is 2.03. The monoisotopic (exact) mass is 188 g/mol. The first-order valence-corrected chi connectivity index (χ1v) is 4.93. The minimum atomic E-state index is -0.190. The molecule has 1 fully saturated rings. The van der Waals surface area contributed by atoms with E-state index in [-0.39, 0.29) is 17.6 Å². The molecule has 0 bridgehead atoms. The zero-order valence-corrected chi connectivity index (χ0v) is 8.75. The van der Waals surface area contributed by atoms with E-state index < -0.39 is 0 Å². The molecule has 0 aromatic rings. The molecule has 0 aromatic heterocycles. The Labute approximate surface area is 80.0 Å². The molecular formula is C10H20O3. The van der Waals surface area contributed by atoms with E-state index >= 15 is 0 Å². The van der Waals surface area contributed by atoms with E-state index in [4.69, 9.17) is 9.47 Å². The maximum absolute atomic E-state index is 9.58. The molecule has 1 rings (SSSR count). The third-order valence-electron chi connectivity index (χ3n) is 3.30. The molecule has 0 radical (unpaired) electrons. The molecule has 1 aliphatic carbocycles.